The smallest absolute Gasteiger partial charge is 0.355 e. The van der Waals surface area contributed by atoms with Gasteiger partial charge >= 0.3 is 12.2 Å². The quantitative estimate of drug-likeness (QED) is 0.639. The van der Waals surface area contributed by atoms with Gasteiger partial charge in [0.25, 0.3) is 0 Å². The number of carbonyl (C=O) groups excluding carboxylic acids is 2. The molecule has 2 atom stereocenters. The molecule has 0 bridgehead atoms. The Balaban J connectivity index is 2.80. The molecule has 8 nitrogen and oxygen atoms in total. The summed E-state index contributed by atoms with van der Waals surface area (Å²) in [5, 5.41) is 3.03. The molecule has 0 aromatic heterocycles. The van der Waals surface area contributed by atoms with Crippen LogP contribution in [-0.4, -0.2) is 81.3 Å². The van der Waals surface area contributed by atoms with E-state index >= 15 is 0 Å². The topological polar surface area (TPSA) is 98.8 Å². The summed E-state index contributed by atoms with van der Waals surface area (Å²) in [6, 6.07) is -0.800. The Bertz CT molecular complexity index is 579. The van der Waals surface area contributed by atoms with Crippen LogP contribution in [0.25, 0.3) is 0 Å². The monoisotopic (exact) mass is 374 g/mol. The Morgan fingerprint density at radius 1 is 1.17 bits per heavy atom. The zero-order chi connectivity index (χ0) is 18.7. The number of urea groups is 1. The number of carbonyl (C=O) groups is 2. The Morgan fingerprint density at radius 3 is 2.17 bits per heavy atom. The molecular formula is C12H21F3N4O4S. The Morgan fingerprint density at radius 2 is 1.71 bits per heavy atom. The van der Waals surface area contributed by atoms with E-state index in [1.165, 1.54) is 6.92 Å². The van der Waals surface area contributed by atoms with E-state index in [4.69, 9.17) is 0 Å². The molecule has 1 rings (SSSR count). The van der Waals surface area contributed by atoms with Crippen molar-refractivity contribution >= 4 is 22.0 Å². The number of sulfonamides is 1. The predicted octanol–water partition coefficient (Wildman–Crippen LogP) is -0.414. The van der Waals surface area contributed by atoms with Gasteiger partial charge in [-0.05, 0) is 0 Å². The summed E-state index contributed by atoms with van der Waals surface area (Å²) in [7, 11) is -1.87. The summed E-state index contributed by atoms with van der Waals surface area (Å²) in [5.74, 6) is -2.45. The first-order chi connectivity index (χ1) is 10.9. The minimum atomic E-state index is -4.74. The summed E-state index contributed by atoms with van der Waals surface area (Å²) in [4.78, 5) is 23.4. The van der Waals surface area contributed by atoms with Gasteiger partial charge in [0.1, 0.15) is 5.25 Å². The summed E-state index contributed by atoms with van der Waals surface area (Å²) in [5.41, 5.74) is 0. The van der Waals surface area contributed by atoms with Crippen LogP contribution in [0.2, 0.25) is 0 Å². The molecule has 1 fully saturated rings. The molecule has 3 amide bonds. The van der Waals surface area contributed by atoms with Gasteiger partial charge in [0, 0.05) is 47.2 Å². The minimum Gasteiger partial charge on any atom is -0.355 e. The zero-order valence-electron chi connectivity index (χ0n) is 13.6. The summed E-state index contributed by atoms with van der Waals surface area (Å²) in [6.45, 7) is 0.157. The summed E-state index contributed by atoms with van der Waals surface area (Å²) >= 11 is 0. The van der Waals surface area contributed by atoms with Crippen molar-refractivity contribution in [2.45, 2.75) is 18.3 Å². The van der Waals surface area contributed by atoms with Crippen LogP contribution in [0.3, 0.4) is 0 Å². The first-order valence-electron chi connectivity index (χ1n) is 7.12. The number of amides is 3. The van der Waals surface area contributed by atoms with Crippen LogP contribution < -0.4 is 10.6 Å². The molecule has 1 aliphatic heterocycles. The Hall–Kier alpha value is -1.56. The van der Waals surface area contributed by atoms with Crippen LogP contribution in [0.1, 0.15) is 6.92 Å². The van der Waals surface area contributed by atoms with Crippen LogP contribution >= 0.6 is 0 Å². The molecule has 0 aromatic rings. The van der Waals surface area contributed by atoms with Gasteiger partial charge in [-0.25, -0.2) is 17.5 Å². The Kier molecular flexibility index (Phi) is 6.45. The highest BCUT2D eigenvalue weighted by Crippen LogP contribution is 2.37. The second-order valence-corrected chi connectivity index (χ2v) is 8.00. The van der Waals surface area contributed by atoms with Gasteiger partial charge in [0.05, 0.1) is 5.92 Å². The molecule has 0 unspecified atom stereocenters. The number of hydrogen-bond acceptors (Lipinski definition) is 4. The van der Waals surface area contributed by atoms with Crippen molar-refractivity contribution in [3.05, 3.63) is 0 Å². The molecule has 140 valence electrons. The SMILES string of the molecule is CC(=O)NCCNC(=O)N1C[C@@H](C(F)(F)F)[C@H](S(=O)(=O)N(C)C)C1. The van der Waals surface area contributed by atoms with Gasteiger partial charge in [-0.3, -0.25) is 4.79 Å². The minimum absolute atomic E-state index is 0.0245. The summed E-state index contributed by atoms with van der Waals surface area (Å²) in [6.07, 6.45) is -4.74. The maximum Gasteiger partial charge on any atom is 0.394 e. The normalized spacial score (nSPS) is 21.9. The van der Waals surface area contributed by atoms with Crippen LogP contribution in [0.4, 0.5) is 18.0 Å². The molecule has 1 saturated heterocycles. The third kappa shape index (κ3) is 4.97. The van der Waals surface area contributed by atoms with Gasteiger partial charge in [0.15, 0.2) is 0 Å². The van der Waals surface area contributed by atoms with Gasteiger partial charge in [0.2, 0.25) is 15.9 Å². The predicted molar refractivity (Wildman–Crippen MR) is 79.6 cm³/mol. The van der Waals surface area contributed by atoms with E-state index in [9.17, 15) is 31.2 Å². The van der Waals surface area contributed by atoms with Gasteiger partial charge in [-0.2, -0.15) is 13.2 Å². The lowest BCUT2D eigenvalue weighted by atomic mass is 10.1. The third-order valence-electron chi connectivity index (χ3n) is 3.64. The fourth-order valence-corrected chi connectivity index (χ4v) is 3.91. The fourth-order valence-electron chi connectivity index (χ4n) is 2.35. The highest BCUT2D eigenvalue weighted by Gasteiger charge is 2.55. The zero-order valence-corrected chi connectivity index (χ0v) is 14.4. The number of hydrogen-bond donors (Lipinski definition) is 2. The number of rotatable bonds is 5. The molecule has 1 heterocycles. The molecule has 24 heavy (non-hydrogen) atoms. The average molecular weight is 374 g/mol. The lowest BCUT2D eigenvalue weighted by Crippen LogP contribution is -2.44. The molecule has 0 saturated carbocycles. The van der Waals surface area contributed by atoms with Crippen molar-refractivity contribution in [2.24, 2.45) is 5.92 Å². The average Bonchev–Trinajstić information content (AvgIpc) is 2.88. The van der Waals surface area contributed by atoms with Crippen molar-refractivity contribution in [1.29, 1.82) is 0 Å². The van der Waals surface area contributed by atoms with Crippen LogP contribution in [0.15, 0.2) is 0 Å². The molecule has 0 aliphatic carbocycles. The van der Waals surface area contributed by atoms with Crippen molar-refractivity contribution < 1.29 is 31.2 Å². The highest BCUT2D eigenvalue weighted by atomic mass is 32.2. The van der Waals surface area contributed by atoms with Crippen molar-refractivity contribution in [3.8, 4) is 0 Å². The van der Waals surface area contributed by atoms with E-state index in [1.807, 2.05) is 0 Å². The number of likely N-dealkylation sites (tertiary alicyclic amines) is 1. The van der Waals surface area contributed by atoms with E-state index in [0.29, 0.717) is 0 Å². The first-order valence-corrected chi connectivity index (χ1v) is 8.63. The number of halogens is 3. The van der Waals surface area contributed by atoms with Crippen LogP contribution in [0.5, 0.6) is 0 Å². The van der Waals surface area contributed by atoms with Crippen LogP contribution in [0, 0.1) is 5.92 Å². The maximum absolute atomic E-state index is 13.1. The maximum atomic E-state index is 13.1. The lowest BCUT2D eigenvalue weighted by Gasteiger charge is -2.23. The third-order valence-corrected chi connectivity index (χ3v) is 5.90. The summed E-state index contributed by atoms with van der Waals surface area (Å²) < 4.78 is 64.4. The van der Waals surface area contributed by atoms with Crippen LogP contribution in [-0.2, 0) is 14.8 Å². The van der Waals surface area contributed by atoms with E-state index in [2.05, 4.69) is 10.6 Å². The van der Waals surface area contributed by atoms with E-state index in [-0.39, 0.29) is 19.0 Å². The van der Waals surface area contributed by atoms with E-state index in [0.717, 1.165) is 23.3 Å². The Labute approximate surface area is 138 Å². The van der Waals surface area contributed by atoms with Gasteiger partial charge in [-0.1, -0.05) is 0 Å². The molecule has 0 spiro atoms. The number of nitrogens with one attached hydrogen (secondary N) is 2. The molecule has 2 N–H and O–H groups in total. The molecule has 1 aliphatic rings. The molecule has 0 radical (unpaired) electrons. The molecular weight excluding hydrogens is 353 g/mol. The second-order valence-electron chi connectivity index (χ2n) is 5.63. The van der Waals surface area contributed by atoms with Gasteiger partial charge < -0.3 is 15.5 Å². The highest BCUT2D eigenvalue weighted by molar-refractivity contribution is 7.89. The van der Waals surface area contributed by atoms with Crippen molar-refractivity contribution in [1.82, 2.24) is 19.8 Å². The van der Waals surface area contributed by atoms with E-state index < -0.39 is 46.5 Å². The van der Waals surface area contributed by atoms with E-state index in [1.54, 1.807) is 0 Å². The number of nitrogens with zero attached hydrogens (tertiary/aromatic N) is 2. The second kappa shape index (κ2) is 7.55. The van der Waals surface area contributed by atoms with Crippen molar-refractivity contribution in [3.63, 3.8) is 0 Å². The largest absolute Gasteiger partial charge is 0.394 e. The fraction of sp³-hybridized carbons (Fsp3) is 0.833. The standard InChI is InChI=1S/C12H21F3N4O4S/c1-8(20)16-4-5-17-11(21)19-6-9(12(13,14)15)10(7-19)24(22,23)18(2)3/h9-10H,4-7H2,1-3H3,(H,16,20)(H,17,21)/t9-,10-/m1/s1. The number of alkyl halides is 3. The van der Waals surface area contributed by atoms with Crippen molar-refractivity contribution in [2.75, 3.05) is 40.3 Å². The lowest BCUT2D eigenvalue weighted by molar-refractivity contribution is -0.169. The molecule has 0 aromatic carbocycles. The molecule has 12 heteroatoms. The first kappa shape index (κ1) is 20.5. The van der Waals surface area contributed by atoms with Gasteiger partial charge in [-0.15, -0.1) is 0 Å².